The highest BCUT2D eigenvalue weighted by Crippen LogP contribution is 2.16. The van der Waals surface area contributed by atoms with Gasteiger partial charge in [-0.3, -0.25) is 0 Å². The summed E-state index contributed by atoms with van der Waals surface area (Å²) >= 11 is 2.88. The Labute approximate surface area is 79.1 Å². The summed E-state index contributed by atoms with van der Waals surface area (Å²) in [6.45, 7) is 0. The molecule has 3 nitrogen and oxygen atoms in total. The van der Waals surface area contributed by atoms with Crippen LogP contribution in [0.2, 0.25) is 0 Å². The van der Waals surface area contributed by atoms with Crippen LogP contribution in [0.5, 0.6) is 5.75 Å². The average molecular weight is 251 g/mol. The van der Waals surface area contributed by atoms with E-state index in [-0.39, 0.29) is 15.3 Å². The minimum absolute atomic E-state index is 0.0588. The Morgan fingerprint density at radius 3 is 2.17 bits per heavy atom. The lowest BCUT2D eigenvalue weighted by atomic mass is 10.3. The lowest BCUT2D eigenvalue weighted by Gasteiger charge is -1.99. The molecule has 0 atom stereocenters. The SMILES string of the molecule is O=S(=O)(CBr)c1ccc(O)cc1. The van der Waals surface area contributed by atoms with E-state index in [4.69, 9.17) is 5.11 Å². The Kier molecular flexibility index (Phi) is 2.74. The van der Waals surface area contributed by atoms with Crippen molar-refractivity contribution in [3.63, 3.8) is 0 Å². The molecule has 5 heteroatoms. The highest BCUT2D eigenvalue weighted by Gasteiger charge is 2.11. The number of rotatable bonds is 2. The molecule has 0 radical (unpaired) electrons. The molecule has 12 heavy (non-hydrogen) atoms. The first-order chi connectivity index (χ1) is 5.56. The minimum Gasteiger partial charge on any atom is -0.508 e. The Bertz CT molecular complexity index is 355. The molecule has 1 aromatic rings. The predicted octanol–water partition coefficient (Wildman–Crippen LogP) is 1.52. The summed E-state index contributed by atoms with van der Waals surface area (Å²) in [7, 11) is -3.21. The zero-order chi connectivity index (χ0) is 9.19. The molecule has 0 aliphatic heterocycles. The van der Waals surface area contributed by atoms with Crippen molar-refractivity contribution in [2.24, 2.45) is 0 Å². The third kappa shape index (κ3) is 1.98. The van der Waals surface area contributed by atoms with Gasteiger partial charge in [-0.2, -0.15) is 0 Å². The smallest absolute Gasteiger partial charge is 0.188 e. The van der Waals surface area contributed by atoms with E-state index >= 15 is 0 Å². The van der Waals surface area contributed by atoms with Crippen molar-refractivity contribution in [3.05, 3.63) is 24.3 Å². The maximum atomic E-state index is 11.2. The van der Waals surface area contributed by atoms with Gasteiger partial charge >= 0.3 is 0 Å². The molecule has 0 bridgehead atoms. The molecule has 0 aromatic heterocycles. The highest BCUT2D eigenvalue weighted by molar-refractivity contribution is 9.10. The molecule has 0 aliphatic carbocycles. The van der Waals surface area contributed by atoms with Crippen molar-refractivity contribution in [1.82, 2.24) is 0 Å². The van der Waals surface area contributed by atoms with Gasteiger partial charge in [0.1, 0.15) is 10.4 Å². The van der Waals surface area contributed by atoms with E-state index in [0.29, 0.717) is 0 Å². The third-order valence-electron chi connectivity index (χ3n) is 1.34. The Balaban J connectivity index is 3.14. The van der Waals surface area contributed by atoms with Crippen molar-refractivity contribution in [2.75, 3.05) is 4.66 Å². The molecule has 1 N–H and O–H groups in total. The first-order valence-corrected chi connectivity index (χ1v) is 5.91. The molecule has 1 rings (SSSR count). The molecule has 0 amide bonds. The number of phenols is 1. The van der Waals surface area contributed by atoms with Crippen LogP contribution >= 0.6 is 15.9 Å². The first-order valence-electron chi connectivity index (χ1n) is 3.14. The van der Waals surface area contributed by atoms with Crippen LogP contribution in [-0.2, 0) is 9.84 Å². The van der Waals surface area contributed by atoms with Crippen molar-refractivity contribution in [1.29, 1.82) is 0 Å². The van der Waals surface area contributed by atoms with Gasteiger partial charge in [0, 0.05) is 0 Å². The summed E-state index contributed by atoms with van der Waals surface area (Å²) < 4.78 is 22.3. The van der Waals surface area contributed by atoms with E-state index in [0.717, 1.165) is 0 Å². The van der Waals surface area contributed by atoms with Crippen molar-refractivity contribution < 1.29 is 13.5 Å². The summed E-state index contributed by atoms with van der Waals surface area (Å²) in [5, 5.41) is 8.89. The maximum Gasteiger partial charge on any atom is 0.188 e. The van der Waals surface area contributed by atoms with E-state index in [1.54, 1.807) is 0 Å². The molecule has 0 unspecified atom stereocenters. The zero-order valence-electron chi connectivity index (χ0n) is 6.07. The molecule has 1 aromatic carbocycles. The Hall–Kier alpha value is -0.550. The Morgan fingerprint density at radius 1 is 1.25 bits per heavy atom. The van der Waals surface area contributed by atoms with Crippen LogP contribution in [0, 0.1) is 0 Å². The summed E-state index contributed by atoms with van der Waals surface area (Å²) in [6.07, 6.45) is 0. The number of hydrogen-bond acceptors (Lipinski definition) is 3. The molecule has 0 spiro atoms. The molecule has 0 fully saturated rings. The van der Waals surface area contributed by atoms with E-state index < -0.39 is 9.84 Å². The van der Waals surface area contributed by atoms with Gasteiger partial charge in [0.2, 0.25) is 0 Å². The summed E-state index contributed by atoms with van der Waals surface area (Å²) in [5.41, 5.74) is 0. The number of alkyl halides is 1. The number of aromatic hydroxyl groups is 1. The summed E-state index contributed by atoms with van der Waals surface area (Å²) in [6, 6.07) is 5.42. The topological polar surface area (TPSA) is 54.4 Å². The molecule has 0 heterocycles. The second kappa shape index (κ2) is 3.45. The lowest BCUT2D eigenvalue weighted by Crippen LogP contribution is -2.00. The highest BCUT2D eigenvalue weighted by atomic mass is 79.9. The van der Waals surface area contributed by atoms with E-state index in [1.165, 1.54) is 24.3 Å². The fourth-order valence-electron chi connectivity index (χ4n) is 0.716. The largest absolute Gasteiger partial charge is 0.508 e. The van der Waals surface area contributed by atoms with Crippen molar-refractivity contribution in [3.8, 4) is 5.75 Å². The minimum atomic E-state index is -3.21. The van der Waals surface area contributed by atoms with Crippen LogP contribution in [0.1, 0.15) is 0 Å². The van der Waals surface area contributed by atoms with Gasteiger partial charge in [-0.1, -0.05) is 15.9 Å². The van der Waals surface area contributed by atoms with E-state index in [2.05, 4.69) is 15.9 Å². The normalized spacial score (nSPS) is 11.4. The molecule has 0 saturated carbocycles. The van der Waals surface area contributed by atoms with E-state index in [9.17, 15) is 8.42 Å². The quantitative estimate of drug-likeness (QED) is 0.811. The van der Waals surface area contributed by atoms with Gasteiger partial charge in [-0.15, -0.1) is 0 Å². The summed E-state index contributed by atoms with van der Waals surface area (Å²) in [5.74, 6) is 0.0588. The molecule has 0 saturated heterocycles. The maximum absolute atomic E-state index is 11.2. The van der Waals surface area contributed by atoms with Crippen LogP contribution < -0.4 is 0 Å². The van der Waals surface area contributed by atoms with Crippen LogP contribution in [0.4, 0.5) is 0 Å². The van der Waals surface area contributed by atoms with Crippen molar-refractivity contribution in [2.45, 2.75) is 4.90 Å². The van der Waals surface area contributed by atoms with E-state index in [1.807, 2.05) is 0 Å². The fourth-order valence-corrected chi connectivity index (χ4v) is 2.19. The van der Waals surface area contributed by atoms with Gasteiger partial charge in [0.25, 0.3) is 0 Å². The number of hydrogen-bond donors (Lipinski definition) is 1. The second-order valence-electron chi connectivity index (χ2n) is 2.22. The molecule has 66 valence electrons. The van der Waals surface area contributed by atoms with Gasteiger partial charge in [0.15, 0.2) is 9.84 Å². The van der Waals surface area contributed by atoms with Gasteiger partial charge in [-0.25, -0.2) is 8.42 Å². The number of benzene rings is 1. The standard InChI is InChI=1S/C7H7BrO3S/c8-5-12(10,11)7-3-1-6(9)2-4-7/h1-4,9H,5H2. The second-order valence-corrected chi connectivity index (χ2v) is 5.51. The van der Waals surface area contributed by atoms with Crippen molar-refractivity contribution >= 4 is 25.8 Å². The van der Waals surface area contributed by atoms with Crippen LogP contribution in [0.25, 0.3) is 0 Å². The third-order valence-corrected chi connectivity index (χ3v) is 4.43. The van der Waals surface area contributed by atoms with Gasteiger partial charge in [-0.05, 0) is 24.3 Å². The monoisotopic (exact) mass is 250 g/mol. The molecular weight excluding hydrogens is 244 g/mol. The molecule has 0 aliphatic rings. The Morgan fingerprint density at radius 2 is 1.75 bits per heavy atom. The number of phenolic OH excluding ortho intramolecular Hbond substituents is 1. The zero-order valence-corrected chi connectivity index (χ0v) is 8.47. The van der Waals surface area contributed by atoms with Gasteiger partial charge in [0.05, 0.1) is 4.90 Å². The fraction of sp³-hybridized carbons (Fsp3) is 0.143. The van der Waals surface area contributed by atoms with Crippen LogP contribution in [0.3, 0.4) is 0 Å². The first kappa shape index (κ1) is 9.54. The van der Waals surface area contributed by atoms with Gasteiger partial charge < -0.3 is 5.11 Å². The number of halogens is 1. The lowest BCUT2D eigenvalue weighted by molar-refractivity contribution is 0.475. The predicted molar refractivity (Wildman–Crippen MR) is 49.1 cm³/mol. The molecular formula is C7H7BrO3S. The summed E-state index contributed by atoms with van der Waals surface area (Å²) in [4.78, 5) is 0.206. The van der Waals surface area contributed by atoms with Crippen LogP contribution in [-0.4, -0.2) is 18.2 Å². The van der Waals surface area contributed by atoms with Crippen LogP contribution in [0.15, 0.2) is 29.2 Å². The average Bonchev–Trinajstić information content (AvgIpc) is 2.05. The number of sulfone groups is 1.